The summed E-state index contributed by atoms with van der Waals surface area (Å²) in [4.78, 5) is 15.3. The van der Waals surface area contributed by atoms with E-state index in [4.69, 9.17) is 13.9 Å². The average molecular weight is 304 g/mol. The number of hydrogen-bond acceptors (Lipinski definition) is 5. The van der Waals surface area contributed by atoms with Gasteiger partial charge in [0.25, 0.3) is 0 Å². The number of nitrogens with zero attached hydrogens (tertiary/aromatic N) is 1. The summed E-state index contributed by atoms with van der Waals surface area (Å²) in [5, 5.41) is 2.68. The van der Waals surface area contributed by atoms with Gasteiger partial charge < -0.3 is 19.2 Å². The quantitative estimate of drug-likeness (QED) is 0.851. The Morgan fingerprint density at radius 3 is 2.64 bits per heavy atom. The minimum Gasteiger partial charge on any atom is -0.490 e. The molecule has 1 N–H and O–H groups in total. The molecule has 0 unspecified atom stereocenters. The molecule has 0 aliphatic rings. The molecule has 0 spiro atoms. The molecule has 0 aliphatic carbocycles. The van der Waals surface area contributed by atoms with Gasteiger partial charge in [0.15, 0.2) is 11.5 Å². The molecule has 0 atom stereocenters. The Morgan fingerprint density at radius 1 is 1.23 bits per heavy atom. The Balaban J connectivity index is 2.21. The molecule has 1 amide bonds. The van der Waals surface area contributed by atoms with E-state index in [1.54, 1.807) is 0 Å². The van der Waals surface area contributed by atoms with Gasteiger partial charge in [-0.05, 0) is 32.0 Å². The molecular formula is C16H20N2O4. The monoisotopic (exact) mass is 304 g/mol. The number of benzene rings is 1. The first kappa shape index (κ1) is 15.9. The lowest BCUT2D eigenvalue weighted by molar-refractivity contribution is -0.119. The van der Waals surface area contributed by atoms with Crippen LogP contribution in [0.25, 0.3) is 11.5 Å². The van der Waals surface area contributed by atoms with Crippen molar-refractivity contribution in [3.8, 4) is 23.0 Å². The second kappa shape index (κ2) is 7.49. The number of rotatable bonds is 7. The van der Waals surface area contributed by atoms with Crippen molar-refractivity contribution in [2.45, 2.75) is 27.3 Å². The molecule has 6 nitrogen and oxygen atoms in total. The van der Waals surface area contributed by atoms with Gasteiger partial charge in [-0.2, -0.15) is 0 Å². The van der Waals surface area contributed by atoms with E-state index in [2.05, 4.69) is 10.3 Å². The number of ether oxygens (including phenoxy) is 2. The van der Waals surface area contributed by atoms with Gasteiger partial charge in [-0.3, -0.25) is 4.79 Å². The van der Waals surface area contributed by atoms with Crippen molar-refractivity contribution in [3.05, 3.63) is 30.2 Å². The molecule has 0 fully saturated rings. The molecule has 1 heterocycles. The summed E-state index contributed by atoms with van der Waals surface area (Å²) in [5.41, 5.74) is 1.46. The SMILES string of the molecule is CCOc1ccc(-c2nc(CNC(C)=O)co2)cc1OCC. The standard InChI is InChI=1S/C16H20N2O4/c1-4-20-14-7-6-12(8-15(14)21-5-2)16-18-13(10-22-16)9-17-11(3)19/h6-8,10H,4-5,9H2,1-3H3,(H,17,19). The van der Waals surface area contributed by atoms with Crippen molar-refractivity contribution in [1.29, 1.82) is 0 Å². The highest BCUT2D eigenvalue weighted by Gasteiger charge is 2.12. The first-order valence-electron chi connectivity index (χ1n) is 7.22. The molecule has 0 bridgehead atoms. The van der Waals surface area contributed by atoms with Crippen molar-refractivity contribution in [2.75, 3.05) is 13.2 Å². The Morgan fingerprint density at radius 2 is 1.95 bits per heavy atom. The number of oxazole rings is 1. The molecule has 22 heavy (non-hydrogen) atoms. The van der Waals surface area contributed by atoms with E-state index < -0.39 is 0 Å². The predicted molar refractivity (Wildman–Crippen MR) is 81.8 cm³/mol. The van der Waals surface area contributed by atoms with E-state index in [1.807, 2.05) is 32.0 Å². The smallest absolute Gasteiger partial charge is 0.226 e. The van der Waals surface area contributed by atoms with Gasteiger partial charge >= 0.3 is 0 Å². The van der Waals surface area contributed by atoms with Crippen LogP contribution in [0.15, 0.2) is 28.9 Å². The van der Waals surface area contributed by atoms with Crippen LogP contribution in [0.1, 0.15) is 26.5 Å². The molecule has 6 heteroatoms. The summed E-state index contributed by atoms with van der Waals surface area (Å²) in [7, 11) is 0. The lowest BCUT2D eigenvalue weighted by Gasteiger charge is -2.11. The van der Waals surface area contributed by atoms with Gasteiger partial charge in [0.1, 0.15) is 6.26 Å². The Hall–Kier alpha value is -2.50. The maximum atomic E-state index is 10.9. The molecule has 0 saturated heterocycles. The van der Waals surface area contributed by atoms with Crippen LogP contribution in [0.2, 0.25) is 0 Å². The molecule has 0 aliphatic heterocycles. The van der Waals surface area contributed by atoms with Crippen LogP contribution >= 0.6 is 0 Å². The van der Waals surface area contributed by atoms with E-state index in [0.29, 0.717) is 42.8 Å². The molecule has 2 rings (SSSR count). The topological polar surface area (TPSA) is 73.6 Å². The van der Waals surface area contributed by atoms with Gasteiger partial charge in [0.05, 0.1) is 25.5 Å². The molecule has 0 radical (unpaired) electrons. The van der Waals surface area contributed by atoms with Crippen LogP contribution in [0.5, 0.6) is 11.5 Å². The molecular weight excluding hydrogens is 284 g/mol. The maximum absolute atomic E-state index is 10.9. The zero-order valence-corrected chi connectivity index (χ0v) is 13.0. The Kier molecular flexibility index (Phi) is 5.41. The van der Waals surface area contributed by atoms with Crippen LogP contribution in [-0.2, 0) is 11.3 Å². The number of carbonyl (C=O) groups excluding carboxylic acids is 1. The Labute approximate surface area is 129 Å². The number of nitrogens with one attached hydrogen (secondary N) is 1. The van der Waals surface area contributed by atoms with Gasteiger partial charge in [0.2, 0.25) is 11.8 Å². The number of carbonyl (C=O) groups is 1. The van der Waals surface area contributed by atoms with Crippen LogP contribution in [0.3, 0.4) is 0 Å². The van der Waals surface area contributed by atoms with Crippen LogP contribution in [-0.4, -0.2) is 24.1 Å². The first-order chi connectivity index (χ1) is 10.6. The zero-order chi connectivity index (χ0) is 15.9. The third kappa shape index (κ3) is 4.00. The van der Waals surface area contributed by atoms with Crippen LogP contribution in [0.4, 0.5) is 0 Å². The second-order valence-electron chi connectivity index (χ2n) is 4.58. The minimum absolute atomic E-state index is 0.107. The van der Waals surface area contributed by atoms with Gasteiger partial charge in [0, 0.05) is 12.5 Å². The fraction of sp³-hybridized carbons (Fsp3) is 0.375. The number of amides is 1. The van der Waals surface area contributed by atoms with E-state index in [-0.39, 0.29) is 5.91 Å². The third-order valence-corrected chi connectivity index (χ3v) is 2.86. The van der Waals surface area contributed by atoms with Gasteiger partial charge in [-0.25, -0.2) is 4.98 Å². The summed E-state index contributed by atoms with van der Waals surface area (Å²) in [6.45, 7) is 6.75. The molecule has 1 aromatic carbocycles. The minimum atomic E-state index is -0.107. The van der Waals surface area contributed by atoms with E-state index in [9.17, 15) is 4.79 Å². The largest absolute Gasteiger partial charge is 0.490 e. The highest BCUT2D eigenvalue weighted by Crippen LogP contribution is 2.32. The average Bonchev–Trinajstić information content (AvgIpc) is 2.96. The summed E-state index contributed by atoms with van der Waals surface area (Å²) >= 11 is 0. The summed E-state index contributed by atoms with van der Waals surface area (Å²) in [6, 6.07) is 5.53. The normalized spacial score (nSPS) is 10.3. The van der Waals surface area contributed by atoms with Crippen LogP contribution < -0.4 is 14.8 Å². The zero-order valence-electron chi connectivity index (χ0n) is 13.0. The van der Waals surface area contributed by atoms with Crippen molar-refractivity contribution in [2.24, 2.45) is 0 Å². The van der Waals surface area contributed by atoms with Crippen molar-refractivity contribution in [1.82, 2.24) is 10.3 Å². The van der Waals surface area contributed by atoms with E-state index >= 15 is 0 Å². The third-order valence-electron chi connectivity index (χ3n) is 2.86. The molecule has 118 valence electrons. The Bertz CT molecular complexity index is 637. The highest BCUT2D eigenvalue weighted by atomic mass is 16.5. The lowest BCUT2D eigenvalue weighted by Crippen LogP contribution is -2.18. The predicted octanol–water partition coefficient (Wildman–Crippen LogP) is 2.78. The molecule has 2 aromatic rings. The first-order valence-corrected chi connectivity index (χ1v) is 7.22. The van der Waals surface area contributed by atoms with Gasteiger partial charge in [-0.1, -0.05) is 0 Å². The van der Waals surface area contributed by atoms with Crippen molar-refractivity contribution in [3.63, 3.8) is 0 Å². The second-order valence-corrected chi connectivity index (χ2v) is 4.58. The summed E-state index contributed by atoms with van der Waals surface area (Å²) in [6.07, 6.45) is 1.53. The van der Waals surface area contributed by atoms with Crippen molar-refractivity contribution < 1.29 is 18.7 Å². The van der Waals surface area contributed by atoms with E-state index in [0.717, 1.165) is 5.56 Å². The molecule has 0 saturated carbocycles. The maximum Gasteiger partial charge on any atom is 0.226 e. The summed E-state index contributed by atoms with van der Waals surface area (Å²) < 4.78 is 16.6. The van der Waals surface area contributed by atoms with Crippen molar-refractivity contribution >= 4 is 5.91 Å². The number of hydrogen-bond donors (Lipinski definition) is 1. The molecule has 1 aromatic heterocycles. The fourth-order valence-corrected chi connectivity index (χ4v) is 1.92. The summed E-state index contributed by atoms with van der Waals surface area (Å²) in [5.74, 6) is 1.72. The van der Waals surface area contributed by atoms with E-state index in [1.165, 1.54) is 13.2 Å². The highest BCUT2D eigenvalue weighted by molar-refractivity contribution is 5.72. The van der Waals surface area contributed by atoms with Crippen LogP contribution in [0, 0.1) is 0 Å². The van der Waals surface area contributed by atoms with Gasteiger partial charge in [-0.15, -0.1) is 0 Å². The number of aromatic nitrogens is 1. The fourth-order valence-electron chi connectivity index (χ4n) is 1.92. The lowest BCUT2D eigenvalue weighted by atomic mass is 10.2.